The molecule has 1 aromatic carbocycles. The Balaban J connectivity index is 1.97. The van der Waals surface area contributed by atoms with E-state index < -0.39 is 23.9 Å². The van der Waals surface area contributed by atoms with Crippen LogP contribution in [-0.2, 0) is 25.7 Å². The second-order valence-electron chi connectivity index (χ2n) is 8.38. The summed E-state index contributed by atoms with van der Waals surface area (Å²) in [6.07, 6.45) is 0.0320. The van der Waals surface area contributed by atoms with Crippen LogP contribution in [0.1, 0.15) is 18.4 Å². The molecular formula is C23H31N5O7S. The quantitative estimate of drug-likeness (QED) is 0.217. The second-order valence-corrected chi connectivity index (χ2v) is 9.24. The normalized spacial score (nSPS) is 16.6. The number of nitriles is 1. The number of carboxylic acids is 3. The summed E-state index contributed by atoms with van der Waals surface area (Å²) in [5.74, 6) is -3.44. The zero-order valence-corrected chi connectivity index (χ0v) is 20.7. The molecule has 196 valence electrons. The highest BCUT2D eigenvalue weighted by Crippen LogP contribution is 2.17. The van der Waals surface area contributed by atoms with E-state index in [1.165, 1.54) is 0 Å². The summed E-state index contributed by atoms with van der Waals surface area (Å²) < 4.78 is 0. The fourth-order valence-corrected chi connectivity index (χ4v) is 4.29. The van der Waals surface area contributed by atoms with Crippen molar-refractivity contribution >= 4 is 35.6 Å². The first-order valence-corrected chi connectivity index (χ1v) is 12.3. The van der Waals surface area contributed by atoms with Gasteiger partial charge in [0.1, 0.15) is 11.4 Å². The molecule has 0 saturated carbocycles. The molecular weight excluding hydrogens is 490 g/mol. The molecule has 1 atom stereocenters. The van der Waals surface area contributed by atoms with Crippen molar-refractivity contribution in [2.45, 2.75) is 30.3 Å². The molecule has 4 N–H and O–H groups in total. The molecule has 1 fully saturated rings. The van der Waals surface area contributed by atoms with Crippen LogP contribution in [-0.4, -0.2) is 112 Å². The number of amides is 1. The number of hydrogen-bond donors (Lipinski definition) is 4. The fourth-order valence-electron chi connectivity index (χ4n) is 3.92. The largest absolute Gasteiger partial charge is 0.480 e. The monoisotopic (exact) mass is 521 g/mol. The lowest BCUT2D eigenvalue weighted by Gasteiger charge is -2.30. The van der Waals surface area contributed by atoms with E-state index in [1.54, 1.807) is 39.0 Å². The highest BCUT2D eigenvalue weighted by Gasteiger charge is 2.28. The summed E-state index contributed by atoms with van der Waals surface area (Å²) in [5.41, 5.74) is 0.845. The van der Waals surface area contributed by atoms with Gasteiger partial charge < -0.3 is 20.6 Å². The van der Waals surface area contributed by atoms with Crippen LogP contribution >= 0.6 is 11.8 Å². The molecule has 13 heteroatoms. The maximum absolute atomic E-state index is 12.4. The van der Waals surface area contributed by atoms with Gasteiger partial charge in [-0.15, -0.1) is 0 Å². The summed E-state index contributed by atoms with van der Waals surface area (Å²) in [5, 5.41) is 41.7. The van der Waals surface area contributed by atoms with Gasteiger partial charge in [-0.2, -0.15) is 5.26 Å². The number of hydrogen-bond acceptors (Lipinski definition) is 9. The minimum absolute atomic E-state index is 0.0203. The molecule has 1 aromatic rings. The van der Waals surface area contributed by atoms with Crippen molar-refractivity contribution in [3.63, 3.8) is 0 Å². The minimum Gasteiger partial charge on any atom is -0.480 e. The number of carbonyl (C=O) groups is 4. The third-order valence-corrected chi connectivity index (χ3v) is 6.40. The standard InChI is InChI=1S/C23H31N5O7S/c24-16-36-18-3-1-17(2-4-18)13-25-20(29)6-5-19(23(34)35)28-11-9-26(14-21(30)31)7-8-27(10-12-28)15-22(32)33/h1-4,19H,5-15H2,(H,25,29)(H,30,31)(H,32,33)(H,34,35). The Labute approximate surface area is 213 Å². The SMILES string of the molecule is N#CSc1ccc(CNC(=O)CCC(C(=O)O)N2CCN(CC(=O)O)CCN(CC(=O)O)CC2)cc1. The summed E-state index contributed by atoms with van der Waals surface area (Å²) in [6, 6.07) is 6.18. The second kappa shape index (κ2) is 15.0. The number of carbonyl (C=O) groups excluding carboxylic acids is 1. The molecule has 1 heterocycles. The summed E-state index contributed by atoms with van der Waals surface area (Å²) in [7, 11) is 0. The van der Waals surface area contributed by atoms with Crippen molar-refractivity contribution in [1.29, 1.82) is 5.26 Å². The van der Waals surface area contributed by atoms with Gasteiger partial charge in [-0.25, -0.2) is 0 Å². The number of thioether (sulfide) groups is 1. The third-order valence-electron chi connectivity index (χ3n) is 5.80. The van der Waals surface area contributed by atoms with Crippen molar-refractivity contribution in [3.05, 3.63) is 29.8 Å². The highest BCUT2D eigenvalue weighted by molar-refractivity contribution is 8.03. The van der Waals surface area contributed by atoms with Crippen LogP contribution in [0.5, 0.6) is 0 Å². The zero-order chi connectivity index (χ0) is 26.5. The summed E-state index contributed by atoms with van der Waals surface area (Å²) in [6.45, 7) is 1.68. The summed E-state index contributed by atoms with van der Waals surface area (Å²) in [4.78, 5) is 52.7. The first-order valence-electron chi connectivity index (χ1n) is 11.4. The van der Waals surface area contributed by atoms with Gasteiger partial charge in [0.15, 0.2) is 0 Å². The fraction of sp³-hybridized carbons (Fsp3) is 0.522. The number of rotatable bonds is 12. The van der Waals surface area contributed by atoms with Gasteiger partial charge in [-0.05, 0) is 35.9 Å². The number of nitrogens with one attached hydrogen (secondary N) is 1. The smallest absolute Gasteiger partial charge is 0.320 e. The first-order chi connectivity index (χ1) is 17.2. The molecule has 0 bridgehead atoms. The van der Waals surface area contributed by atoms with E-state index in [9.17, 15) is 34.5 Å². The van der Waals surface area contributed by atoms with E-state index in [4.69, 9.17) is 5.26 Å². The van der Waals surface area contributed by atoms with Crippen LogP contribution in [0.15, 0.2) is 29.2 Å². The molecule has 2 rings (SSSR count). The van der Waals surface area contributed by atoms with E-state index in [2.05, 4.69) is 5.32 Å². The Morgan fingerprint density at radius 3 is 1.92 bits per heavy atom. The van der Waals surface area contributed by atoms with E-state index in [0.29, 0.717) is 26.2 Å². The Morgan fingerprint density at radius 2 is 1.44 bits per heavy atom. The zero-order valence-electron chi connectivity index (χ0n) is 19.8. The van der Waals surface area contributed by atoms with E-state index >= 15 is 0 Å². The van der Waals surface area contributed by atoms with Crippen LogP contribution in [0.25, 0.3) is 0 Å². The van der Waals surface area contributed by atoms with Gasteiger partial charge in [-0.1, -0.05) is 12.1 Å². The number of benzene rings is 1. The molecule has 1 saturated heterocycles. The molecule has 1 aliphatic rings. The molecule has 0 radical (unpaired) electrons. The van der Waals surface area contributed by atoms with E-state index in [0.717, 1.165) is 22.2 Å². The van der Waals surface area contributed by atoms with Crippen molar-refractivity contribution in [1.82, 2.24) is 20.0 Å². The predicted octanol–water partition coefficient (Wildman–Crippen LogP) is 0.198. The average Bonchev–Trinajstić information content (AvgIpc) is 2.90. The van der Waals surface area contributed by atoms with E-state index in [-0.39, 0.29) is 51.5 Å². The van der Waals surface area contributed by atoms with Crippen LogP contribution in [0.4, 0.5) is 0 Å². The Kier molecular flexibility index (Phi) is 12.1. The molecule has 0 aromatic heterocycles. The third kappa shape index (κ3) is 10.6. The maximum atomic E-state index is 12.4. The lowest BCUT2D eigenvalue weighted by molar-refractivity contribution is -0.144. The van der Waals surface area contributed by atoms with Gasteiger partial charge in [0.25, 0.3) is 0 Å². The van der Waals surface area contributed by atoms with Gasteiger partial charge in [0, 0.05) is 57.1 Å². The summed E-state index contributed by atoms with van der Waals surface area (Å²) >= 11 is 1.04. The van der Waals surface area contributed by atoms with Crippen molar-refractivity contribution in [3.8, 4) is 5.40 Å². The van der Waals surface area contributed by atoms with Crippen molar-refractivity contribution < 1.29 is 34.5 Å². The highest BCUT2D eigenvalue weighted by atomic mass is 32.2. The average molecular weight is 522 g/mol. The van der Waals surface area contributed by atoms with Crippen molar-refractivity contribution in [2.75, 3.05) is 52.4 Å². The molecule has 36 heavy (non-hydrogen) atoms. The molecule has 0 spiro atoms. The van der Waals surface area contributed by atoms with Crippen LogP contribution in [0.2, 0.25) is 0 Å². The Bertz CT molecular complexity index is 925. The van der Waals surface area contributed by atoms with Gasteiger partial charge >= 0.3 is 17.9 Å². The van der Waals surface area contributed by atoms with Crippen molar-refractivity contribution in [2.24, 2.45) is 0 Å². The number of carboxylic acid groups (broad SMARTS) is 3. The first kappa shape index (κ1) is 29.1. The Hall–Kier alpha value is -3.18. The molecule has 0 aliphatic carbocycles. The lowest BCUT2D eigenvalue weighted by Crippen LogP contribution is -2.47. The maximum Gasteiger partial charge on any atom is 0.320 e. The Morgan fingerprint density at radius 1 is 0.917 bits per heavy atom. The number of aliphatic carboxylic acids is 3. The minimum atomic E-state index is -1.10. The van der Waals surface area contributed by atoms with E-state index in [1.807, 2.05) is 5.40 Å². The molecule has 1 unspecified atom stereocenters. The molecule has 1 amide bonds. The topological polar surface area (TPSA) is 175 Å². The van der Waals surface area contributed by atoms with Crippen LogP contribution in [0, 0.1) is 10.7 Å². The van der Waals surface area contributed by atoms with Gasteiger partial charge in [0.05, 0.1) is 13.1 Å². The van der Waals surface area contributed by atoms with Gasteiger partial charge in [0.2, 0.25) is 5.91 Å². The molecule has 12 nitrogen and oxygen atoms in total. The lowest BCUT2D eigenvalue weighted by atomic mass is 10.1. The van der Waals surface area contributed by atoms with Crippen LogP contribution in [0.3, 0.4) is 0 Å². The van der Waals surface area contributed by atoms with Crippen LogP contribution < -0.4 is 5.32 Å². The predicted molar refractivity (Wildman–Crippen MR) is 130 cm³/mol. The molecule has 1 aliphatic heterocycles. The number of thiocyanates is 1. The van der Waals surface area contributed by atoms with Gasteiger partial charge in [-0.3, -0.25) is 33.9 Å². The number of nitrogens with zero attached hydrogens (tertiary/aromatic N) is 4.